The van der Waals surface area contributed by atoms with E-state index in [1.54, 1.807) is 0 Å². The number of esters is 1. The van der Waals surface area contributed by atoms with Crippen molar-refractivity contribution in [2.45, 2.75) is 328 Å². The van der Waals surface area contributed by atoms with Gasteiger partial charge in [0.15, 0.2) is 0 Å². The van der Waals surface area contributed by atoms with Crippen molar-refractivity contribution < 1.29 is 24.5 Å². The number of ether oxygens (including phenoxy) is 1. The lowest BCUT2D eigenvalue weighted by Crippen LogP contribution is -2.45. The summed E-state index contributed by atoms with van der Waals surface area (Å²) in [7, 11) is 0. The average molecular weight is 917 g/mol. The number of carbonyl (C=O) groups excluding carboxylic acids is 2. The maximum atomic E-state index is 12.4. The van der Waals surface area contributed by atoms with Crippen LogP contribution in [0.15, 0.2) is 24.3 Å². The summed E-state index contributed by atoms with van der Waals surface area (Å²) in [5, 5.41) is 23.1. The molecule has 0 fully saturated rings. The number of allylic oxidation sites excluding steroid dienone is 4. The Bertz CT molecular complexity index is 1010. The SMILES string of the molecule is CCCCC/C=C\C/C=C\CCCCCCCCCCCC(=O)OCCCCCCCCCCCCCCCCCCCCCC(=O)NC(CO)C(O)CCCCCCCCCCCC. The lowest BCUT2D eigenvalue weighted by Gasteiger charge is -2.22. The number of nitrogens with one attached hydrogen (secondary N) is 1. The summed E-state index contributed by atoms with van der Waals surface area (Å²) >= 11 is 0. The van der Waals surface area contributed by atoms with Gasteiger partial charge in [0.1, 0.15) is 0 Å². The van der Waals surface area contributed by atoms with Gasteiger partial charge < -0.3 is 20.3 Å². The number of hydrogen-bond acceptors (Lipinski definition) is 5. The highest BCUT2D eigenvalue weighted by Gasteiger charge is 2.20. The van der Waals surface area contributed by atoms with E-state index in [2.05, 4.69) is 43.5 Å². The first-order valence-electron chi connectivity index (χ1n) is 29.1. The molecular formula is C59H113NO5. The first-order valence-corrected chi connectivity index (χ1v) is 29.1. The van der Waals surface area contributed by atoms with Gasteiger partial charge in [-0.1, -0.05) is 269 Å². The topological polar surface area (TPSA) is 95.9 Å². The molecule has 1 amide bonds. The number of carbonyl (C=O) groups is 2. The van der Waals surface area contributed by atoms with Crippen molar-refractivity contribution in [3.8, 4) is 0 Å². The highest BCUT2D eigenvalue weighted by molar-refractivity contribution is 5.76. The molecule has 0 radical (unpaired) electrons. The van der Waals surface area contributed by atoms with E-state index in [0.29, 0.717) is 25.9 Å². The lowest BCUT2D eigenvalue weighted by molar-refractivity contribution is -0.143. The predicted molar refractivity (Wildman–Crippen MR) is 283 cm³/mol. The number of aliphatic hydroxyl groups is 2. The number of aliphatic hydroxyl groups excluding tert-OH is 2. The Morgan fingerprint density at radius 3 is 1.20 bits per heavy atom. The Morgan fingerprint density at radius 2 is 0.769 bits per heavy atom. The molecule has 0 heterocycles. The molecule has 2 unspecified atom stereocenters. The van der Waals surface area contributed by atoms with E-state index >= 15 is 0 Å². The Hall–Kier alpha value is -1.66. The van der Waals surface area contributed by atoms with Gasteiger partial charge in [-0.25, -0.2) is 0 Å². The largest absolute Gasteiger partial charge is 0.466 e. The van der Waals surface area contributed by atoms with Crippen LogP contribution in [-0.2, 0) is 14.3 Å². The summed E-state index contributed by atoms with van der Waals surface area (Å²) in [5.41, 5.74) is 0. The Balaban J connectivity index is 3.36. The lowest BCUT2D eigenvalue weighted by atomic mass is 10.0. The van der Waals surface area contributed by atoms with Gasteiger partial charge in [-0.2, -0.15) is 0 Å². The van der Waals surface area contributed by atoms with Crippen LogP contribution in [0.5, 0.6) is 0 Å². The quantitative estimate of drug-likeness (QED) is 0.0321. The number of hydrogen-bond donors (Lipinski definition) is 3. The Labute approximate surface area is 405 Å². The zero-order valence-electron chi connectivity index (χ0n) is 43.7. The third-order valence-corrected chi connectivity index (χ3v) is 13.5. The van der Waals surface area contributed by atoms with Crippen LogP contribution in [0.25, 0.3) is 0 Å². The Morgan fingerprint density at radius 1 is 0.431 bits per heavy atom. The number of rotatable bonds is 54. The summed E-state index contributed by atoms with van der Waals surface area (Å²) < 4.78 is 5.49. The molecule has 0 aromatic heterocycles. The van der Waals surface area contributed by atoms with Crippen molar-refractivity contribution in [3.05, 3.63) is 24.3 Å². The maximum absolute atomic E-state index is 12.4. The molecule has 0 aliphatic heterocycles. The van der Waals surface area contributed by atoms with Gasteiger partial charge in [0.2, 0.25) is 5.91 Å². The van der Waals surface area contributed by atoms with Crippen LogP contribution in [0, 0.1) is 0 Å². The average Bonchev–Trinajstić information content (AvgIpc) is 3.31. The van der Waals surface area contributed by atoms with Gasteiger partial charge in [0.05, 0.1) is 25.4 Å². The minimum Gasteiger partial charge on any atom is -0.466 e. The fraction of sp³-hybridized carbons (Fsp3) is 0.898. The second kappa shape index (κ2) is 54.9. The van der Waals surface area contributed by atoms with Crippen LogP contribution >= 0.6 is 0 Å². The van der Waals surface area contributed by atoms with Crippen LogP contribution in [0.3, 0.4) is 0 Å². The van der Waals surface area contributed by atoms with Crippen LogP contribution in [0.4, 0.5) is 0 Å². The number of amides is 1. The molecule has 0 aliphatic carbocycles. The van der Waals surface area contributed by atoms with Gasteiger partial charge in [-0.3, -0.25) is 9.59 Å². The monoisotopic (exact) mass is 916 g/mol. The van der Waals surface area contributed by atoms with Crippen molar-refractivity contribution >= 4 is 11.9 Å². The molecule has 0 aromatic rings. The second-order valence-electron chi connectivity index (χ2n) is 20.0. The van der Waals surface area contributed by atoms with Gasteiger partial charge in [-0.05, 0) is 57.8 Å². The first kappa shape index (κ1) is 63.3. The molecule has 0 rings (SSSR count). The zero-order valence-corrected chi connectivity index (χ0v) is 43.7. The molecule has 65 heavy (non-hydrogen) atoms. The molecule has 0 saturated heterocycles. The van der Waals surface area contributed by atoms with Gasteiger partial charge in [-0.15, -0.1) is 0 Å². The van der Waals surface area contributed by atoms with Crippen molar-refractivity contribution in [3.63, 3.8) is 0 Å². The van der Waals surface area contributed by atoms with E-state index in [1.807, 2.05) is 0 Å². The normalized spacial score (nSPS) is 12.7. The molecule has 0 aliphatic rings. The van der Waals surface area contributed by atoms with Gasteiger partial charge in [0, 0.05) is 12.8 Å². The van der Waals surface area contributed by atoms with E-state index in [-0.39, 0.29) is 18.5 Å². The van der Waals surface area contributed by atoms with E-state index in [1.165, 1.54) is 231 Å². The van der Waals surface area contributed by atoms with Crippen LogP contribution < -0.4 is 5.32 Å². The fourth-order valence-corrected chi connectivity index (χ4v) is 9.02. The summed E-state index contributed by atoms with van der Waals surface area (Å²) in [6.45, 7) is 4.92. The van der Waals surface area contributed by atoms with Crippen molar-refractivity contribution in [2.24, 2.45) is 0 Å². The zero-order chi connectivity index (χ0) is 47.2. The molecule has 0 bridgehead atoms. The molecule has 384 valence electrons. The minimum atomic E-state index is -0.664. The standard InChI is InChI=1S/C59H113NO5/c1-3-5-7-9-11-13-15-16-17-18-20-24-27-30-33-37-41-45-49-53-59(64)65-54-50-46-42-38-34-31-28-25-22-19-21-23-26-29-32-36-40-44-48-52-58(63)60-56(55-61)57(62)51-47-43-39-35-14-12-10-8-6-4-2/h11,13,16-17,56-57,61-62H,3-10,12,14-15,18-55H2,1-2H3,(H,60,63)/b13-11-,17-16-. The molecule has 6 nitrogen and oxygen atoms in total. The summed E-state index contributed by atoms with van der Waals surface area (Å²) in [6, 6.07) is -0.542. The van der Waals surface area contributed by atoms with Crippen LogP contribution in [-0.4, -0.2) is 47.4 Å². The van der Waals surface area contributed by atoms with E-state index in [4.69, 9.17) is 4.74 Å². The van der Waals surface area contributed by atoms with Crippen molar-refractivity contribution in [1.82, 2.24) is 5.32 Å². The van der Waals surface area contributed by atoms with Crippen molar-refractivity contribution in [2.75, 3.05) is 13.2 Å². The fourth-order valence-electron chi connectivity index (χ4n) is 9.02. The summed E-state index contributed by atoms with van der Waals surface area (Å²) in [6.07, 6.45) is 66.0. The third kappa shape index (κ3) is 51.6. The summed E-state index contributed by atoms with van der Waals surface area (Å²) in [4.78, 5) is 24.5. The van der Waals surface area contributed by atoms with E-state index < -0.39 is 12.1 Å². The molecule has 0 aromatic carbocycles. The molecular weight excluding hydrogens is 803 g/mol. The van der Waals surface area contributed by atoms with Crippen LogP contribution in [0.1, 0.15) is 316 Å². The van der Waals surface area contributed by atoms with Crippen molar-refractivity contribution in [1.29, 1.82) is 0 Å². The van der Waals surface area contributed by atoms with Crippen LogP contribution in [0.2, 0.25) is 0 Å². The molecule has 2 atom stereocenters. The number of unbranched alkanes of at least 4 members (excludes halogenated alkanes) is 39. The molecule has 6 heteroatoms. The molecule has 0 saturated carbocycles. The van der Waals surface area contributed by atoms with Gasteiger partial charge in [0.25, 0.3) is 0 Å². The predicted octanol–water partition coefficient (Wildman–Crippen LogP) is 17.9. The molecule has 3 N–H and O–H groups in total. The second-order valence-corrected chi connectivity index (χ2v) is 20.0. The summed E-state index contributed by atoms with van der Waals surface area (Å²) in [5.74, 6) is -0.0336. The highest BCUT2D eigenvalue weighted by Crippen LogP contribution is 2.17. The third-order valence-electron chi connectivity index (χ3n) is 13.5. The van der Waals surface area contributed by atoms with Gasteiger partial charge >= 0.3 is 5.97 Å². The van der Waals surface area contributed by atoms with E-state index in [0.717, 1.165) is 51.4 Å². The van der Waals surface area contributed by atoms with E-state index in [9.17, 15) is 19.8 Å². The first-order chi connectivity index (χ1) is 32.0. The highest BCUT2D eigenvalue weighted by atomic mass is 16.5. The minimum absolute atomic E-state index is 0.00536. The maximum Gasteiger partial charge on any atom is 0.305 e. The smallest absolute Gasteiger partial charge is 0.305 e. The Kier molecular flexibility index (Phi) is 53.5. The molecule has 0 spiro atoms.